The molecule has 0 radical (unpaired) electrons. The molecule has 0 aliphatic heterocycles. The lowest BCUT2D eigenvalue weighted by atomic mass is 10.1. The second-order valence-electron chi connectivity index (χ2n) is 6.62. The molecule has 0 spiro atoms. The molecule has 0 aromatic heterocycles. The third-order valence-electron chi connectivity index (χ3n) is 3.22. The number of nitrogens with zero attached hydrogens (tertiary/aromatic N) is 1. The van der Waals surface area contributed by atoms with E-state index in [9.17, 15) is 5.11 Å². The van der Waals surface area contributed by atoms with Gasteiger partial charge in [0.15, 0.2) is 0 Å². The third-order valence-corrected chi connectivity index (χ3v) is 3.45. The Bertz CT molecular complexity index is 441. The Kier molecular flexibility index (Phi) is 6.98. The van der Waals surface area contributed by atoms with Gasteiger partial charge in [0.2, 0.25) is 0 Å². The van der Waals surface area contributed by atoms with Gasteiger partial charge in [0.05, 0.1) is 5.60 Å². The summed E-state index contributed by atoms with van der Waals surface area (Å²) in [6.07, 6.45) is 0. The van der Waals surface area contributed by atoms with Crippen LogP contribution in [0.4, 0.5) is 5.69 Å². The minimum atomic E-state index is -0.735. The third kappa shape index (κ3) is 6.68. The molecule has 0 amide bonds. The largest absolute Gasteiger partial charge is 0.389 e. The van der Waals surface area contributed by atoms with E-state index in [4.69, 9.17) is 11.6 Å². The van der Waals surface area contributed by atoms with Crippen molar-refractivity contribution < 1.29 is 5.11 Å². The Morgan fingerprint density at radius 1 is 1.33 bits per heavy atom. The maximum Gasteiger partial charge on any atom is 0.0765 e. The van der Waals surface area contributed by atoms with Crippen molar-refractivity contribution in [3.05, 3.63) is 28.8 Å². The Morgan fingerprint density at radius 3 is 2.52 bits per heavy atom. The van der Waals surface area contributed by atoms with E-state index >= 15 is 0 Å². The van der Waals surface area contributed by atoms with Crippen molar-refractivity contribution in [2.45, 2.75) is 46.8 Å². The summed E-state index contributed by atoms with van der Waals surface area (Å²) in [6.45, 7) is 13.4. The van der Waals surface area contributed by atoms with Gasteiger partial charge >= 0.3 is 0 Å². The van der Waals surface area contributed by atoms with E-state index in [-0.39, 0.29) is 0 Å². The van der Waals surface area contributed by atoms with Crippen LogP contribution in [0.5, 0.6) is 0 Å². The summed E-state index contributed by atoms with van der Waals surface area (Å²) in [7, 11) is 0. The van der Waals surface area contributed by atoms with Crippen molar-refractivity contribution in [3.63, 3.8) is 0 Å². The first-order valence-corrected chi connectivity index (χ1v) is 8.07. The Morgan fingerprint density at radius 2 is 2.00 bits per heavy atom. The van der Waals surface area contributed by atoms with E-state index in [0.717, 1.165) is 30.3 Å². The van der Waals surface area contributed by atoms with E-state index in [1.165, 1.54) is 5.56 Å². The molecule has 120 valence electrons. The van der Waals surface area contributed by atoms with Crippen LogP contribution in [0.3, 0.4) is 0 Å². The summed E-state index contributed by atoms with van der Waals surface area (Å²) < 4.78 is 0. The SMILES string of the molecule is CCN(CC(C)(C)O)c1cc(Cl)ccc1CNCC(C)C. The van der Waals surface area contributed by atoms with Gasteiger partial charge in [0.1, 0.15) is 0 Å². The van der Waals surface area contributed by atoms with Crippen LogP contribution in [0.15, 0.2) is 18.2 Å². The van der Waals surface area contributed by atoms with E-state index < -0.39 is 5.60 Å². The number of rotatable bonds is 8. The number of hydrogen-bond acceptors (Lipinski definition) is 3. The molecular weight excluding hydrogens is 284 g/mol. The van der Waals surface area contributed by atoms with E-state index in [2.05, 4.69) is 37.1 Å². The lowest BCUT2D eigenvalue weighted by Gasteiger charge is -2.31. The zero-order chi connectivity index (χ0) is 16.0. The van der Waals surface area contributed by atoms with Crippen molar-refractivity contribution in [2.24, 2.45) is 5.92 Å². The zero-order valence-corrected chi connectivity index (χ0v) is 14.7. The maximum absolute atomic E-state index is 10.1. The standard InChI is InChI=1S/C17H29ClN2O/c1-6-20(12-17(4,5)21)16-9-15(18)8-7-14(16)11-19-10-13(2)3/h7-9,13,19,21H,6,10-12H2,1-5H3. The number of benzene rings is 1. The van der Waals surface area contributed by atoms with Gasteiger partial charge in [0.25, 0.3) is 0 Å². The molecule has 0 bridgehead atoms. The summed E-state index contributed by atoms with van der Waals surface area (Å²) >= 11 is 6.16. The number of likely N-dealkylation sites (N-methyl/N-ethyl adjacent to an activating group) is 1. The number of aliphatic hydroxyl groups is 1. The molecule has 1 aromatic rings. The fourth-order valence-electron chi connectivity index (χ4n) is 2.31. The number of halogens is 1. The normalized spacial score (nSPS) is 12.0. The average molecular weight is 313 g/mol. The van der Waals surface area contributed by atoms with Gasteiger partial charge in [-0.05, 0) is 50.9 Å². The first-order chi connectivity index (χ1) is 9.73. The average Bonchev–Trinajstić information content (AvgIpc) is 2.36. The molecule has 1 aromatic carbocycles. The zero-order valence-electron chi connectivity index (χ0n) is 13.9. The molecule has 0 aliphatic carbocycles. The highest BCUT2D eigenvalue weighted by molar-refractivity contribution is 6.30. The fraction of sp³-hybridized carbons (Fsp3) is 0.647. The second-order valence-corrected chi connectivity index (χ2v) is 7.06. The lowest BCUT2D eigenvalue weighted by Crippen LogP contribution is -2.39. The van der Waals surface area contributed by atoms with Gasteiger partial charge in [-0.2, -0.15) is 0 Å². The predicted molar refractivity (Wildman–Crippen MR) is 92.2 cm³/mol. The topological polar surface area (TPSA) is 35.5 Å². The van der Waals surface area contributed by atoms with Crippen LogP contribution in [-0.2, 0) is 6.54 Å². The van der Waals surface area contributed by atoms with Gasteiger partial charge < -0.3 is 15.3 Å². The lowest BCUT2D eigenvalue weighted by molar-refractivity contribution is 0.0875. The summed E-state index contributed by atoms with van der Waals surface area (Å²) in [5.74, 6) is 0.624. The monoisotopic (exact) mass is 312 g/mol. The van der Waals surface area contributed by atoms with Crippen molar-refractivity contribution in [2.75, 3.05) is 24.5 Å². The summed E-state index contributed by atoms with van der Waals surface area (Å²) in [5.41, 5.74) is 1.58. The minimum absolute atomic E-state index is 0.584. The highest BCUT2D eigenvalue weighted by Gasteiger charge is 2.19. The number of anilines is 1. The van der Waals surface area contributed by atoms with Crippen LogP contribution < -0.4 is 10.2 Å². The summed E-state index contributed by atoms with van der Waals surface area (Å²) in [4.78, 5) is 2.18. The molecule has 0 atom stereocenters. The van der Waals surface area contributed by atoms with Gasteiger partial charge in [-0.15, -0.1) is 0 Å². The summed E-state index contributed by atoms with van der Waals surface area (Å²) in [6, 6.07) is 5.98. The quantitative estimate of drug-likeness (QED) is 0.768. The predicted octanol–water partition coefficient (Wildman–Crippen LogP) is 3.68. The van der Waals surface area contributed by atoms with Crippen LogP contribution in [0, 0.1) is 5.92 Å². The second kappa shape index (κ2) is 8.02. The molecule has 3 nitrogen and oxygen atoms in total. The van der Waals surface area contributed by atoms with Gasteiger partial charge in [-0.1, -0.05) is 31.5 Å². The highest BCUT2D eigenvalue weighted by atomic mass is 35.5. The molecule has 4 heteroatoms. The van der Waals surface area contributed by atoms with Crippen molar-refractivity contribution in [3.8, 4) is 0 Å². The molecule has 0 fully saturated rings. The molecule has 2 N–H and O–H groups in total. The van der Waals surface area contributed by atoms with E-state index in [0.29, 0.717) is 12.5 Å². The highest BCUT2D eigenvalue weighted by Crippen LogP contribution is 2.26. The Balaban J connectivity index is 2.93. The Hall–Kier alpha value is -0.770. The number of nitrogens with one attached hydrogen (secondary N) is 1. The molecule has 1 rings (SSSR count). The van der Waals surface area contributed by atoms with Crippen LogP contribution in [0.2, 0.25) is 5.02 Å². The molecular formula is C17H29ClN2O. The molecule has 0 aliphatic rings. The minimum Gasteiger partial charge on any atom is -0.389 e. The first kappa shape index (κ1) is 18.3. The van der Waals surface area contributed by atoms with E-state index in [1.54, 1.807) is 0 Å². The maximum atomic E-state index is 10.1. The van der Waals surface area contributed by atoms with Crippen LogP contribution in [0.1, 0.15) is 40.2 Å². The Labute approximate surface area is 134 Å². The van der Waals surface area contributed by atoms with Crippen LogP contribution >= 0.6 is 11.6 Å². The van der Waals surface area contributed by atoms with Crippen LogP contribution in [0.25, 0.3) is 0 Å². The summed E-state index contributed by atoms with van der Waals surface area (Å²) in [5, 5.41) is 14.3. The van der Waals surface area contributed by atoms with Crippen molar-refractivity contribution in [1.29, 1.82) is 0 Å². The molecule has 21 heavy (non-hydrogen) atoms. The molecule has 0 unspecified atom stereocenters. The fourth-order valence-corrected chi connectivity index (χ4v) is 2.48. The first-order valence-electron chi connectivity index (χ1n) is 7.69. The van der Waals surface area contributed by atoms with Crippen LogP contribution in [-0.4, -0.2) is 30.3 Å². The smallest absolute Gasteiger partial charge is 0.0765 e. The van der Waals surface area contributed by atoms with Gasteiger partial charge in [-0.25, -0.2) is 0 Å². The molecule has 0 saturated heterocycles. The van der Waals surface area contributed by atoms with E-state index in [1.807, 2.05) is 26.0 Å². The molecule has 0 heterocycles. The van der Waals surface area contributed by atoms with Crippen molar-refractivity contribution >= 4 is 17.3 Å². The van der Waals surface area contributed by atoms with Crippen molar-refractivity contribution in [1.82, 2.24) is 5.32 Å². The number of hydrogen-bond donors (Lipinski definition) is 2. The molecule has 0 saturated carbocycles. The van der Waals surface area contributed by atoms with Gasteiger partial charge in [0, 0.05) is 30.3 Å². The van der Waals surface area contributed by atoms with Gasteiger partial charge in [-0.3, -0.25) is 0 Å².